The lowest BCUT2D eigenvalue weighted by molar-refractivity contribution is 0.101. The van der Waals surface area contributed by atoms with Crippen LogP contribution in [0, 0.1) is 5.92 Å². The van der Waals surface area contributed by atoms with Crippen molar-refractivity contribution in [2.75, 3.05) is 7.05 Å². The molecule has 0 saturated heterocycles. The topological polar surface area (TPSA) is 57.6 Å². The lowest BCUT2D eigenvalue weighted by Gasteiger charge is -2.27. The third-order valence-corrected chi connectivity index (χ3v) is 3.17. The minimum Gasteiger partial charge on any atom is -0.465 e. The van der Waals surface area contributed by atoms with Gasteiger partial charge in [-0.2, -0.15) is 0 Å². The van der Waals surface area contributed by atoms with E-state index in [0.29, 0.717) is 11.5 Å². The van der Waals surface area contributed by atoms with Crippen molar-refractivity contribution in [2.45, 2.75) is 33.2 Å². The van der Waals surface area contributed by atoms with Crippen molar-refractivity contribution in [1.82, 2.24) is 4.90 Å². The van der Waals surface area contributed by atoms with Crippen molar-refractivity contribution in [3.63, 3.8) is 0 Å². The van der Waals surface area contributed by atoms with Crippen LogP contribution in [-0.2, 0) is 0 Å². The average Bonchev–Trinajstić information content (AvgIpc) is 2.35. The summed E-state index contributed by atoms with van der Waals surface area (Å²) < 4.78 is 0. The minimum absolute atomic E-state index is 0.0125. The number of hydrogen-bond acceptors (Lipinski definition) is 2. The number of carboxylic acid groups (broad SMARTS) is 1. The smallest absolute Gasteiger partial charge is 0.407 e. The van der Waals surface area contributed by atoms with Gasteiger partial charge in [0.1, 0.15) is 0 Å². The van der Waals surface area contributed by atoms with Gasteiger partial charge in [0.15, 0.2) is 5.78 Å². The summed E-state index contributed by atoms with van der Waals surface area (Å²) in [5, 5.41) is 9.14. The molecule has 0 aliphatic rings. The van der Waals surface area contributed by atoms with Gasteiger partial charge in [0.2, 0.25) is 0 Å². The molecule has 1 aromatic carbocycles. The third-order valence-electron chi connectivity index (χ3n) is 3.17. The van der Waals surface area contributed by atoms with E-state index in [1.165, 1.54) is 11.8 Å². The third kappa shape index (κ3) is 4.09. The van der Waals surface area contributed by atoms with Crippen LogP contribution in [0.2, 0.25) is 0 Å². The van der Waals surface area contributed by atoms with Crippen LogP contribution in [0.25, 0.3) is 0 Å². The van der Waals surface area contributed by atoms with Gasteiger partial charge in [0, 0.05) is 12.6 Å². The van der Waals surface area contributed by atoms with Gasteiger partial charge in [-0.25, -0.2) is 4.79 Å². The molecule has 1 N–H and O–H groups in total. The van der Waals surface area contributed by atoms with Gasteiger partial charge in [-0.15, -0.1) is 0 Å². The number of nitrogens with zero attached hydrogens (tertiary/aromatic N) is 1. The Morgan fingerprint density at radius 1 is 1.21 bits per heavy atom. The van der Waals surface area contributed by atoms with Gasteiger partial charge >= 0.3 is 6.09 Å². The fraction of sp³-hybridized carbons (Fsp3) is 0.467. The first-order chi connectivity index (χ1) is 8.82. The highest BCUT2D eigenvalue weighted by atomic mass is 16.4. The van der Waals surface area contributed by atoms with Crippen molar-refractivity contribution in [2.24, 2.45) is 5.92 Å². The van der Waals surface area contributed by atoms with E-state index in [1.54, 1.807) is 19.2 Å². The Kier molecular flexibility index (Phi) is 5.10. The largest absolute Gasteiger partial charge is 0.465 e. The molecular formula is C15H21NO3. The van der Waals surface area contributed by atoms with E-state index in [0.717, 1.165) is 12.0 Å². The number of ketones is 1. The highest BCUT2D eigenvalue weighted by Gasteiger charge is 2.22. The van der Waals surface area contributed by atoms with E-state index < -0.39 is 6.09 Å². The van der Waals surface area contributed by atoms with Crippen molar-refractivity contribution < 1.29 is 14.7 Å². The number of carbonyl (C=O) groups excluding carboxylic acids is 1. The quantitative estimate of drug-likeness (QED) is 0.826. The fourth-order valence-corrected chi connectivity index (χ4v) is 2.04. The molecule has 4 nitrogen and oxygen atoms in total. The molecule has 1 atom stereocenters. The normalized spacial score (nSPS) is 12.3. The summed E-state index contributed by atoms with van der Waals surface area (Å²) in [7, 11) is 1.58. The van der Waals surface area contributed by atoms with E-state index >= 15 is 0 Å². The molecule has 0 bridgehead atoms. The Hall–Kier alpha value is -1.84. The van der Waals surface area contributed by atoms with Crippen LogP contribution in [0.5, 0.6) is 0 Å². The summed E-state index contributed by atoms with van der Waals surface area (Å²) in [5.41, 5.74) is 1.56. The van der Waals surface area contributed by atoms with Gasteiger partial charge in [-0.05, 0) is 24.8 Å². The summed E-state index contributed by atoms with van der Waals surface area (Å²) in [4.78, 5) is 23.7. The van der Waals surface area contributed by atoms with E-state index in [-0.39, 0.29) is 11.8 Å². The number of carbonyl (C=O) groups is 2. The molecule has 0 fully saturated rings. The molecule has 104 valence electrons. The van der Waals surface area contributed by atoms with Gasteiger partial charge < -0.3 is 10.0 Å². The van der Waals surface area contributed by atoms with Gasteiger partial charge in [-0.1, -0.05) is 38.1 Å². The van der Waals surface area contributed by atoms with E-state index in [1.807, 2.05) is 12.1 Å². The Bertz CT molecular complexity index is 451. The first-order valence-electron chi connectivity index (χ1n) is 6.39. The molecule has 1 amide bonds. The van der Waals surface area contributed by atoms with Crippen LogP contribution in [0.4, 0.5) is 4.79 Å². The first kappa shape index (κ1) is 15.2. The standard InChI is InChI=1S/C15H21NO3/c1-10(2)9-14(16(4)15(18)19)13-7-5-12(6-8-13)11(3)17/h5-8,10,14H,9H2,1-4H3,(H,18,19). The molecule has 0 spiro atoms. The molecule has 4 heteroatoms. The van der Waals surface area contributed by atoms with Crippen LogP contribution in [0.3, 0.4) is 0 Å². The second kappa shape index (κ2) is 6.36. The monoisotopic (exact) mass is 263 g/mol. The van der Waals surface area contributed by atoms with Crippen molar-refractivity contribution in [1.29, 1.82) is 0 Å². The number of Topliss-reactive ketones (excluding diaryl/α,β-unsaturated/α-hetero) is 1. The molecule has 0 aromatic heterocycles. The molecule has 1 unspecified atom stereocenters. The average molecular weight is 263 g/mol. The molecule has 0 saturated carbocycles. The summed E-state index contributed by atoms with van der Waals surface area (Å²) in [6.07, 6.45) is -0.191. The number of benzene rings is 1. The zero-order valence-electron chi connectivity index (χ0n) is 11.9. The molecule has 19 heavy (non-hydrogen) atoms. The Morgan fingerprint density at radius 3 is 2.11 bits per heavy atom. The predicted octanol–water partition coefficient (Wildman–Crippen LogP) is 3.59. The molecule has 1 rings (SSSR count). The molecule has 0 aliphatic heterocycles. The number of hydrogen-bond donors (Lipinski definition) is 1. The van der Waals surface area contributed by atoms with Crippen LogP contribution < -0.4 is 0 Å². The lowest BCUT2D eigenvalue weighted by Crippen LogP contribution is -2.30. The zero-order valence-corrected chi connectivity index (χ0v) is 11.9. The van der Waals surface area contributed by atoms with E-state index in [2.05, 4.69) is 13.8 Å². The Morgan fingerprint density at radius 2 is 1.74 bits per heavy atom. The molecule has 1 aromatic rings. The first-order valence-corrected chi connectivity index (χ1v) is 6.39. The van der Waals surface area contributed by atoms with Crippen LogP contribution in [0.1, 0.15) is 49.2 Å². The second-order valence-electron chi connectivity index (χ2n) is 5.22. The maximum atomic E-state index is 11.2. The van der Waals surface area contributed by atoms with Crippen LogP contribution in [-0.4, -0.2) is 28.9 Å². The molecular weight excluding hydrogens is 242 g/mol. The molecule has 0 aliphatic carbocycles. The predicted molar refractivity (Wildman–Crippen MR) is 74.4 cm³/mol. The Labute approximate surface area is 114 Å². The van der Waals surface area contributed by atoms with Gasteiger partial charge in [0.05, 0.1) is 6.04 Å². The highest BCUT2D eigenvalue weighted by Crippen LogP contribution is 2.27. The summed E-state index contributed by atoms with van der Waals surface area (Å²) in [5.74, 6) is 0.401. The maximum absolute atomic E-state index is 11.2. The lowest BCUT2D eigenvalue weighted by atomic mass is 9.95. The van der Waals surface area contributed by atoms with Gasteiger partial charge in [0.25, 0.3) is 0 Å². The summed E-state index contributed by atoms with van der Waals surface area (Å²) in [6.45, 7) is 5.64. The zero-order chi connectivity index (χ0) is 14.6. The summed E-state index contributed by atoms with van der Waals surface area (Å²) in [6, 6.07) is 6.99. The van der Waals surface area contributed by atoms with Crippen molar-refractivity contribution in [3.8, 4) is 0 Å². The highest BCUT2D eigenvalue weighted by molar-refractivity contribution is 5.94. The van der Waals surface area contributed by atoms with Crippen molar-refractivity contribution >= 4 is 11.9 Å². The maximum Gasteiger partial charge on any atom is 0.407 e. The number of rotatable bonds is 5. The second-order valence-corrected chi connectivity index (χ2v) is 5.22. The fourth-order valence-electron chi connectivity index (χ4n) is 2.04. The van der Waals surface area contributed by atoms with Crippen molar-refractivity contribution in [3.05, 3.63) is 35.4 Å². The summed E-state index contributed by atoms with van der Waals surface area (Å²) >= 11 is 0. The molecule has 0 heterocycles. The van der Waals surface area contributed by atoms with E-state index in [9.17, 15) is 9.59 Å². The minimum atomic E-state index is -0.943. The van der Waals surface area contributed by atoms with Crippen LogP contribution >= 0.6 is 0 Å². The van der Waals surface area contributed by atoms with Gasteiger partial charge in [-0.3, -0.25) is 4.79 Å². The number of amides is 1. The molecule has 0 radical (unpaired) electrons. The van der Waals surface area contributed by atoms with Crippen LogP contribution in [0.15, 0.2) is 24.3 Å². The SMILES string of the molecule is CC(=O)c1ccc(C(CC(C)C)N(C)C(=O)O)cc1. The van der Waals surface area contributed by atoms with E-state index in [4.69, 9.17) is 5.11 Å². The Balaban J connectivity index is 3.03.